The molecular formula is C29H31N5O3S. The van der Waals surface area contributed by atoms with Crippen LogP contribution in [0.4, 0.5) is 0 Å². The van der Waals surface area contributed by atoms with Gasteiger partial charge in [0.2, 0.25) is 5.91 Å². The summed E-state index contributed by atoms with van der Waals surface area (Å²) >= 11 is 1.37. The molecule has 38 heavy (non-hydrogen) atoms. The zero-order chi connectivity index (χ0) is 26.5. The van der Waals surface area contributed by atoms with Gasteiger partial charge in [0.05, 0.1) is 17.2 Å². The van der Waals surface area contributed by atoms with Crippen LogP contribution in [0.25, 0.3) is 23.0 Å². The van der Waals surface area contributed by atoms with Gasteiger partial charge >= 0.3 is 0 Å². The number of carbonyl (C=O) groups excluding carboxylic acids is 2. The molecule has 0 spiro atoms. The Kier molecular flexibility index (Phi) is 7.93. The third-order valence-electron chi connectivity index (χ3n) is 6.70. The summed E-state index contributed by atoms with van der Waals surface area (Å²) in [6.45, 7) is 4.11. The number of likely N-dealkylation sites (tertiary alicyclic amines) is 1. The number of ether oxygens (including phenoxy) is 1. The van der Waals surface area contributed by atoms with Crippen molar-refractivity contribution in [3.8, 4) is 22.7 Å². The third kappa shape index (κ3) is 5.83. The Morgan fingerprint density at radius 3 is 2.68 bits per heavy atom. The molecule has 2 amide bonds. The van der Waals surface area contributed by atoms with Gasteiger partial charge in [0, 0.05) is 36.3 Å². The van der Waals surface area contributed by atoms with E-state index in [9.17, 15) is 9.59 Å². The maximum absolute atomic E-state index is 12.9. The topological polar surface area (TPSA) is 103 Å². The molecular weight excluding hydrogens is 498 g/mol. The van der Waals surface area contributed by atoms with Gasteiger partial charge in [-0.2, -0.15) is 10.1 Å². The highest BCUT2D eigenvalue weighted by molar-refractivity contribution is 8.18. The molecule has 1 saturated heterocycles. The average molecular weight is 530 g/mol. The fourth-order valence-corrected chi connectivity index (χ4v) is 5.48. The Labute approximate surface area is 226 Å². The number of para-hydroxylation sites is 1. The number of piperidine rings is 1. The molecule has 2 aromatic carbocycles. The lowest BCUT2D eigenvalue weighted by Gasteiger charge is -2.31. The first kappa shape index (κ1) is 25.8. The standard InChI is InChI=1S/C29H31N5O3S/c1-2-3-16-37-24-11-7-8-21(17-24)26-22(19-34(32-26)23-9-5-4-6-10-23)18-25-28(36)31-29(38-25)33-14-12-20(13-15-33)27(30)35/h4-11,17-20H,2-3,12-16H2,1H3,(H2,30,35). The average Bonchev–Trinajstić information content (AvgIpc) is 3.53. The number of aliphatic imine (C=N–C) groups is 1. The molecule has 2 aliphatic rings. The Bertz CT molecular complexity index is 1370. The van der Waals surface area contributed by atoms with Gasteiger partial charge in [0.1, 0.15) is 11.4 Å². The molecule has 8 nitrogen and oxygen atoms in total. The molecule has 0 radical (unpaired) electrons. The van der Waals surface area contributed by atoms with E-state index in [2.05, 4.69) is 16.8 Å². The van der Waals surface area contributed by atoms with Crippen LogP contribution in [-0.4, -0.2) is 51.4 Å². The van der Waals surface area contributed by atoms with E-state index in [4.69, 9.17) is 15.6 Å². The quantitative estimate of drug-likeness (QED) is 0.329. The minimum atomic E-state index is -0.267. The van der Waals surface area contributed by atoms with Crippen LogP contribution in [0, 0.1) is 5.92 Å². The van der Waals surface area contributed by atoms with Gasteiger partial charge in [-0.25, -0.2) is 4.68 Å². The van der Waals surface area contributed by atoms with Crippen LogP contribution in [0.3, 0.4) is 0 Å². The van der Waals surface area contributed by atoms with Crippen LogP contribution in [0.15, 0.2) is 70.7 Å². The molecule has 3 aromatic rings. The molecule has 5 rings (SSSR count). The monoisotopic (exact) mass is 529 g/mol. The van der Waals surface area contributed by atoms with Gasteiger partial charge in [-0.05, 0) is 61.4 Å². The van der Waals surface area contributed by atoms with Crippen molar-refractivity contribution in [1.29, 1.82) is 0 Å². The number of hydrogen-bond donors (Lipinski definition) is 1. The molecule has 1 fully saturated rings. The number of nitrogens with two attached hydrogens (primary N) is 1. The first-order valence-corrected chi connectivity index (χ1v) is 13.8. The first-order valence-electron chi connectivity index (χ1n) is 13.0. The smallest absolute Gasteiger partial charge is 0.286 e. The van der Waals surface area contributed by atoms with Crippen LogP contribution in [-0.2, 0) is 9.59 Å². The molecule has 3 heterocycles. The predicted molar refractivity (Wildman–Crippen MR) is 151 cm³/mol. The van der Waals surface area contributed by atoms with Crippen molar-refractivity contribution in [2.24, 2.45) is 16.6 Å². The van der Waals surface area contributed by atoms with Crippen LogP contribution < -0.4 is 10.5 Å². The van der Waals surface area contributed by atoms with Gasteiger partial charge in [0.15, 0.2) is 5.17 Å². The third-order valence-corrected chi connectivity index (χ3v) is 7.75. The van der Waals surface area contributed by atoms with E-state index in [0.29, 0.717) is 42.6 Å². The molecule has 0 bridgehead atoms. The second-order valence-corrected chi connectivity index (χ2v) is 10.4. The summed E-state index contributed by atoms with van der Waals surface area (Å²) in [4.78, 5) is 31.3. The molecule has 2 N–H and O–H groups in total. The van der Waals surface area contributed by atoms with Crippen molar-refractivity contribution < 1.29 is 14.3 Å². The fraction of sp³-hybridized carbons (Fsp3) is 0.310. The molecule has 196 valence electrons. The van der Waals surface area contributed by atoms with E-state index >= 15 is 0 Å². The molecule has 0 saturated carbocycles. The van der Waals surface area contributed by atoms with Crippen LogP contribution in [0.2, 0.25) is 0 Å². The Morgan fingerprint density at radius 2 is 1.95 bits per heavy atom. The summed E-state index contributed by atoms with van der Waals surface area (Å²) in [6, 6.07) is 17.8. The maximum Gasteiger partial charge on any atom is 0.286 e. The van der Waals surface area contributed by atoms with Crippen LogP contribution in [0.1, 0.15) is 38.2 Å². The zero-order valence-electron chi connectivity index (χ0n) is 21.4. The van der Waals surface area contributed by atoms with E-state index < -0.39 is 0 Å². The number of rotatable bonds is 8. The Balaban J connectivity index is 1.43. The number of carbonyl (C=O) groups is 2. The lowest BCUT2D eigenvalue weighted by atomic mass is 9.97. The molecule has 0 aliphatic carbocycles. The van der Waals surface area contributed by atoms with Crippen molar-refractivity contribution in [3.63, 3.8) is 0 Å². The van der Waals surface area contributed by atoms with Gasteiger partial charge in [0.25, 0.3) is 5.91 Å². The normalized spacial score (nSPS) is 17.2. The van der Waals surface area contributed by atoms with E-state index in [0.717, 1.165) is 41.1 Å². The minimum absolute atomic E-state index is 0.114. The number of amides is 2. The summed E-state index contributed by atoms with van der Waals surface area (Å²) in [5, 5.41) is 5.57. The molecule has 1 aromatic heterocycles. The number of amidine groups is 1. The summed E-state index contributed by atoms with van der Waals surface area (Å²) < 4.78 is 7.76. The number of hydrogen-bond acceptors (Lipinski definition) is 6. The summed E-state index contributed by atoms with van der Waals surface area (Å²) in [5.41, 5.74) is 8.88. The minimum Gasteiger partial charge on any atom is -0.494 e. The van der Waals surface area contributed by atoms with Crippen molar-refractivity contribution in [1.82, 2.24) is 14.7 Å². The van der Waals surface area contributed by atoms with Crippen molar-refractivity contribution in [2.75, 3.05) is 19.7 Å². The Morgan fingerprint density at radius 1 is 1.16 bits per heavy atom. The predicted octanol–water partition coefficient (Wildman–Crippen LogP) is 4.89. The van der Waals surface area contributed by atoms with Crippen molar-refractivity contribution in [3.05, 3.63) is 71.3 Å². The molecule has 9 heteroatoms. The lowest BCUT2D eigenvalue weighted by Crippen LogP contribution is -2.40. The molecule has 0 atom stereocenters. The fourth-order valence-electron chi connectivity index (χ4n) is 4.53. The van der Waals surface area contributed by atoms with Crippen LogP contribution in [0.5, 0.6) is 5.75 Å². The second-order valence-electron chi connectivity index (χ2n) is 9.42. The number of benzene rings is 2. The number of primary amides is 1. The lowest BCUT2D eigenvalue weighted by molar-refractivity contribution is -0.123. The van der Waals surface area contributed by atoms with Gasteiger partial charge in [-0.1, -0.05) is 43.7 Å². The van der Waals surface area contributed by atoms with E-state index in [-0.39, 0.29) is 17.7 Å². The van der Waals surface area contributed by atoms with Gasteiger partial charge < -0.3 is 15.4 Å². The van der Waals surface area contributed by atoms with Crippen molar-refractivity contribution in [2.45, 2.75) is 32.6 Å². The zero-order valence-corrected chi connectivity index (χ0v) is 22.2. The van der Waals surface area contributed by atoms with Crippen LogP contribution >= 0.6 is 11.8 Å². The second kappa shape index (κ2) is 11.7. The Hall–Kier alpha value is -3.85. The number of thioether (sulfide) groups is 1. The number of aromatic nitrogens is 2. The summed E-state index contributed by atoms with van der Waals surface area (Å²) in [5.74, 6) is 0.152. The highest BCUT2D eigenvalue weighted by atomic mass is 32.2. The van der Waals surface area contributed by atoms with E-state index in [1.165, 1.54) is 11.8 Å². The highest BCUT2D eigenvalue weighted by Crippen LogP contribution is 2.35. The molecule has 0 unspecified atom stereocenters. The summed E-state index contributed by atoms with van der Waals surface area (Å²) in [7, 11) is 0. The van der Waals surface area contributed by atoms with Gasteiger partial charge in [-0.15, -0.1) is 0 Å². The highest BCUT2D eigenvalue weighted by Gasteiger charge is 2.31. The van der Waals surface area contributed by atoms with E-state index in [1.807, 2.05) is 71.6 Å². The van der Waals surface area contributed by atoms with Crippen molar-refractivity contribution >= 4 is 34.8 Å². The SMILES string of the molecule is CCCCOc1cccc(-c2nn(-c3ccccc3)cc2C=C2SC(N3CCC(C(N)=O)CC3)=NC2=O)c1. The van der Waals surface area contributed by atoms with E-state index in [1.54, 1.807) is 0 Å². The maximum atomic E-state index is 12.9. The van der Waals surface area contributed by atoms with Gasteiger partial charge in [-0.3, -0.25) is 9.59 Å². The first-order chi connectivity index (χ1) is 18.5. The number of unbranched alkanes of at least 4 members (excludes halogenated alkanes) is 1. The molecule has 2 aliphatic heterocycles. The largest absolute Gasteiger partial charge is 0.494 e. The number of nitrogens with zero attached hydrogens (tertiary/aromatic N) is 4. The summed E-state index contributed by atoms with van der Waals surface area (Å²) in [6.07, 6.45) is 7.21.